The van der Waals surface area contributed by atoms with Crippen LogP contribution in [0.3, 0.4) is 0 Å². The maximum Gasteiger partial charge on any atom is 0.253 e. The van der Waals surface area contributed by atoms with Crippen molar-refractivity contribution in [1.82, 2.24) is 15.5 Å². The van der Waals surface area contributed by atoms with Crippen LogP contribution in [0.4, 0.5) is 0 Å². The minimum absolute atomic E-state index is 0.150. The summed E-state index contributed by atoms with van der Waals surface area (Å²) in [5.41, 5.74) is 0.315. The van der Waals surface area contributed by atoms with Crippen LogP contribution in [0.25, 0.3) is 0 Å². The summed E-state index contributed by atoms with van der Waals surface area (Å²) in [6.45, 7) is 9.42. The van der Waals surface area contributed by atoms with E-state index in [1.807, 2.05) is 6.26 Å². The zero-order valence-electron chi connectivity index (χ0n) is 18.9. The molecule has 2 unspecified atom stereocenters. The molecule has 174 valence electrons. The van der Waals surface area contributed by atoms with Crippen molar-refractivity contribution >= 4 is 46.8 Å². The summed E-state index contributed by atoms with van der Waals surface area (Å²) >= 11 is 13.7. The Labute approximate surface area is 201 Å². The Morgan fingerprint density at radius 3 is 2.48 bits per heavy atom. The molecule has 31 heavy (non-hydrogen) atoms. The van der Waals surface area contributed by atoms with Gasteiger partial charge in [0.1, 0.15) is 6.04 Å². The Balaban J connectivity index is 2.01. The number of benzene rings is 1. The molecule has 1 heterocycles. The predicted molar refractivity (Wildman–Crippen MR) is 132 cm³/mol. The lowest BCUT2D eigenvalue weighted by Crippen LogP contribution is -2.53. The van der Waals surface area contributed by atoms with Gasteiger partial charge in [-0.2, -0.15) is 11.8 Å². The van der Waals surface area contributed by atoms with Crippen LogP contribution >= 0.6 is 35.0 Å². The molecule has 0 aliphatic carbocycles. The average Bonchev–Trinajstić information content (AvgIpc) is 2.71. The van der Waals surface area contributed by atoms with Crippen molar-refractivity contribution < 1.29 is 9.59 Å². The van der Waals surface area contributed by atoms with E-state index in [0.717, 1.165) is 24.8 Å². The summed E-state index contributed by atoms with van der Waals surface area (Å²) in [5, 5.41) is 6.70. The second-order valence-electron chi connectivity index (χ2n) is 8.71. The molecule has 2 rings (SSSR count). The molecule has 8 heteroatoms. The second kappa shape index (κ2) is 12.9. The van der Waals surface area contributed by atoms with Crippen molar-refractivity contribution in [2.45, 2.75) is 52.1 Å². The summed E-state index contributed by atoms with van der Waals surface area (Å²) in [4.78, 5) is 28.2. The van der Waals surface area contributed by atoms with Gasteiger partial charge in [-0.15, -0.1) is 0 Å². The lowest BCUT2D eigenvalue weighted by molar-refractivity contribution is -0.123. The van der Waals surface area contributed by atoms with Crippen LogP contribution in [0.15, 0.2) is 18.2 Å². The van der Waals surface area contributed by atoms with Gasteiger partial charge in [-0.05, 0) is 74.4 Å². The van der Waals surface area contributed by atoms with Crippen molar-refractivity contribution in [3.63, 3.8) is 0 Å². The first-order valence-corrected chi connectivity index (χ1v) is 13.1. The van der Waals surface area contributed by atoms with Gasteiger partial charge in [0.15, 0.2) is 0 Å². The number of thioether (sulfide) groups is 1. The molecular weight excluding hydrogens is 453 g/mol. The number of hydrogen-bond donors (Lipinski definition) is 2. The number of carbonyl (C=O) groups is 2. The largest absolute Gasteiger partial charge is 0.353 e. The van der Waals surface area contributed by atoms with Crippen LogP contribution < -0.4 is 10.6 Å². The number of rotatable bonds is 10. The van der Waals surface area contributed by atoms with Crippen molar-refractivity contribution in [3.05, 3.63) is 33.8 Å². The molecule has 1 saturated heterocycles. The van der Waals surface area contributed by atoms with Crippen LogP contribution in [-0.2, 0) is 4.79 Å². The summed E-state index contributed by atoms with van der Waals surface area (Å²) < 4.78 is 0. The SMILES string of the molecule is CSCCC(NC(=O)c1ccc(Cl)cc1Cl)C(=O)NCC(C(C)C)N1CCC(C)CC1. The monoisotopic (exact) mass is 487 g/mol. The van der Waals surface area contributed by atoms with Gasteiger partial charge in [0.05, 0.1) is 10.6 Å². The van der Waals surface area contributed by atoms with E-state index in [2.05, 4.69) is 36.3 Å². The predicted octanol–water partition coefficient (Wildman–Crippen LogP) is 4.72. The molecule has 1 fully saturated rings. The lowest BCUT2D eigenvalue weighted by Gasteiger charge is -2.39. The molecule has 1 aliphatic rings. The highest BCUT2D eigenvalue weighted by Crippen LogP contribution is 2.22. The Morgan fingerprint density at radius 2 is 1.90 bits per heavy atom. The molecule has 1 aliphatic heterocycles. The van der Waals surface area contributed by atoms with Gasteiger partial charge in [-0.3, -0.25) is 14.5 Å². The number of nitrogens with zero attached hydrogens (tertiary/aromatic N) is 1. The Kier molecular flexibility index (Phi) is 11.0. The van der Waals surface area contributed by atoms with Gasteiger partial charge in [-0.1, -0.05) is 44.0 Å². The number of piperidine rings is 1. The molecule has 1 aromatic rings. The zero-order valence-corrected chi connectivity index (χ0v) is 21.2. The quantitative estimate of drug-likeness (QED) is 0.501. The first-order valence-electron chi connectivity index (χ1n) is 11.0. The summed E-state index contributed by atoms with van der Waals surface area (Å²) in [6, 6.07) is 4.41. The number of carbonyl (C=O) groups excluding carboxylic acids is 2. The Bertz CT molecular complexity index is 740. The average molecular weight is 489 g/mol. The topological polar surface area (TPSA) is 61.4 Å². The van der Waals surface area contributed by atoms with Crippen LogP contribution in [-0.4, -0.2) is 60.4 Å². The molecule has 2 N–H and O–H groups in total. The highest BCUT2D eigenvalue weighted by molar-refractivity contribution is 7.98. The number of amides is 2. The van der Waals surface area contributed by atoms with E-state index in [1.54, 1.807) is 23.9 Å². The highest BCUT2D eigenvalue weighted by atomic mass is 35.5. The van der Waals surface area contributed by atoms with Crippen LogP contribution in [0, 0.1) is 11.8 Å². The van der Waals surface area contributed by atoms with Crippen molar-refractivity contribution in [2.24, 2.45) is 11.8 Å². The third kappa shape index (κ3) is 8.16. The Morgan fingerprint density at radius 1 is 1.23 bits per heavy atom. The van der Waals surface area contributed by atoms with Gasteiger partial charge in [0.2, 0.25) is 5.91 Å². The molecule has 2 atom stereocenters. The van der Waals surface area contributed by atoms with E-state index in [-0.39, 0.29) is 16.8 Å². The molecule has 2 amide bonds. The van der Waals surface area contributed by atoms with Crippen LogP contribution in [0.1, 0.15) is 50.4 Å². The first-order chi connectivity index (χ1) is 14.7. The van der Waals surface area contributed by atoms with Crippen molar-refractivity contribution in [2.75, 3.05) is 31.6 Å². The summed E-state index contributed by atoms with van der Waals surface area (Å²) in [6.07, 6.45) is 4.94. The lowest BCUT2D eigenvalue weighted by atomic mass is 9.94. The third-order valence-electron chi connectivity index (χ3n) is 5.95. The van der Waals surface area contributed by atoms with E-state index >= 15 is 0 Å². The fraction of sp³-hybridized carbons (Fsp3) is 0.652. The minimum Gasteiger partial charge on any atom is -0.353 e. The number of likely N-dealkylation sites (tertiary alicyclic amines) is 1. The van der Waals surface area contributed by atoms with Gasteiger partial charge in [0, 0.05) is 17.6 Å². The van der Waals surface area contributed by atoms with E-state index in [4.69, 9.17) is 23.2 Å². The van der Waals surface area contributed by atoms with Gasteiger partial charge in [0.25, 0.3) is 5.91 Å². The maximum absolute atomic E-state index is 13.0. The fourth-order valence-electron chi connectivity index (χ4n) is 3.89. The number of nitrogens with one attached hydrogen (secondary N) is 2. The molecular formula is C23H35Cl2N3O2S. The molecule has 1 aromatic carbocycles. The normalized spacial score (nSPS) is 17.4. The van der Waals surface area contributed by atoms with Gasteiger partial charge < -0.3 is 10.6 Å². The molecule has 5 nitrogen and oxygen atoms in total. The summed E-state index contributed by atoms with van der Waals surface area (Å²) in [7, 11) is 0. The summed E-state index contributed by atoms with van der Waals surface area (Å²) in [5.74, 6) is 1.45. The molecule has 0 radical (unpaired) electrons. The van der Waals surface area contributed by atoms with Crippen LogP contribution in [0.5, 0.6) is 0 Å². The van der Waals surface area contributed by atoms with Crippen LogP contribution in [0.2, 0.25) is 10.0 Å². The highest BCUT2D eigenvalue weighted by Gasteiger charge is 2.28. The molecule has 0 bridgehead atoms. The maximum atomic E-state index is 13.0. The molecule has 0 spiro atoms. The van der Waals surface area contributed by atoms with Gasteiger partial charge in [-0.25, -0.2) is 0 Å². The zero-order chi connectivity index (χ0) is 23.0. The standard InChI is InChI=1S/C23H35Cl2N3O2S/c1-15(2)21(28-10-7-16(3)8-11-28)14-26-23(30)20(9-12-31-4)27-22(29)18-6-5-17(24)13-19(18)25/h5-6,13,15-16,20-21H,7-12,14H2,1-4H3,(H,26,30)(H,27,29). The number of halogens is 2. The van der Waals surface area contributed by atoms with E-state index < -0.39 is 6.04 Å². The molecule has 0 aromatic heterocycles. The minimum atomic E-state index is -0.610. The van der Waals surface area contributed by atoms with Crippen molar-refractivity contribution in [1.29, 1.82) is 0 Å². The van der Waals surface area contributed by atoms with Crippen molar-refractivity contribution in [3.8, 4) is 0 Å². The smallest absolute Gasteiger partial charge is 0.253 e. The first kappa shape index (κ1) is 26.3. The number of hydrogen-bond acceptors (Lipinski definition) is 4. The van der Waals surface area contributed by atoms with Gasteiger partial charge >= 0.3 is 0 Å². The van der Waals surface area contributed by atoms with E-state index in [9.17, 15) is 9.59 Å². The second-order valence-corrected chi connectivity index (χ2v) is 10.5. The van der Waals surface area contributed by atoms with E-state index in [0.29, 0.717) is 35.5 Å². The van der Waals surface area contributed by atoms with E-state index in [1.165, 1.54) is 18.9 Å². The molecule has 0 saturated carbocycles. The fourth-order valence-corrected chi connectivity index (χ4v) is 4.85. The third-order valence-corrected chi connectivity index (χ3v) is 7.14. The Hall–Kier alpha value is -0.950.